The minimum absolute atomic E-state index is 0.229. The van der Waals surface area contributed by atoms with Gasteiger partial charge in [-0.25, -0.2) is 0 Å². The highest BCUT2D eigenvalue weighted by molar-refractivity contribution is 6.74. The Balaban J connectivity index is 3.03. The first-order valence-electron chi connectivity index (χ1n) is 7.74. The second-order valence-electron chi connectivity index (χ2n) is 6.72. The van der Waals surface area contributed by atoms with Crippen molar-refractivity contribution in [1.82, 2.24) is 0 Å². The molecule has 2 nitrogen and oxygen atoms in total. The zero-order valence-electron chi connectivity index (χ0n) is 14.5. The van der Waals surface area contributed by atoms with Crippen LogP contribution in [0.3, 0.4) is 0 Å². The third kappa shape index (κ3) is 4.37. The standard InChI is InChI=1S/C18H30O2Si/c1-8-10-15-11-12-16(17(14-15)19-5)20-21(6,7)18(3,4)13-9-2/h8,11-12,14H,1,9-10,13H2,2-7H3. The summed E-state index contributed by atoms with van der Waals surface area (Å²) in [7, 11) is -0.176. The molecule has 0 bridgehead atoms. The van der Waals surface area contributed by atoms with Crippen LogP contribution in [0.2, 0.25) is 18.1 Å². The zero-order valence-corrected chi connectivity index (χ0v) is 15.5. The molecule has 0 atom stereocenters. The summed E-state index contributed by atoms with van der Waals surface area (Å²) >= 11 is 0. The second kappa shape index (κ2) is 7.17. The predicted molar refractivity (Wildman–Crippen MR) is 94.0 cm³/mol. The summed E-state index contributed by atoms with van der Waals surface area (Å²) in [5.74, 6) is 1.69. The molecule has 1 aromatic carbocycles. The Kier molecular flexibility index (Phi) is 6.08. The monoisotopic (exact) mass is 306 g/mol. The lowest BCUT2D eigenvalue weighted by Gasteiger charge is -2.39. The molecule has 0 aliphatic carbocycles. The highest BCUT2D eigenvalue weighted by Gasteiger charge is 2.42. The van der Waals surface area contributed by atoms with Gasteiger partial charge in [0.15, 0.2) is 5.75 Å². The van der Waals surface area contributed by atoms with Gasteiger partial charge in [-0.1, -0.05) is 39.3 Å². The Labute approximate surface area is 131 Å². The van der Waals surface area contributed by atoms with E-state index >= 15 is 0 Å². The van der Waals surface area contributed by atoms with E-state index in [0.717, 1.165) is 17.9 Å². The molecule has 21 heavy (non-hydrogen) atoms. The molecule has 0 spiro atoms. The molecule has 0 unspecified atom stereocenters. The Morgan fingerprint density at radius 1 is 1.24 bits per heavy atom. The smallest absolute Gasteiger partial charge is 0.250 e. The molecule has 0 aliphatic rings. The van der Waals surface area contributed by atoms with Crippen molar-refractivity contribution in [3.05, 3.63) is 36.4 Å². The first kappa shape index (κ1) is 17.8. The van der Waals surface area contributed by atoms with Crippen molar-refractivity contribution in [1.29, 1.82) is 0 Å². The Bertz CT molecular complexity index is 478. The second-order valence-corrected chi connectivity index (χ2v) is 11.3. The minimum Gasteiger partial charge on any atom is -0.541 e. The van der Waals surface area contributed by atoms with E-state index in [-0.39, 0.29) is 5.04 Å². The maximum absolute atomic E-state index is 6.46. The van der Waals surface area contributed by atoms with Gasteiger partial charge < -0.3 is 9.16 Å². The molecule has 3 heteroatoms. The molecular weight excluding hydrogens is 276 g/mol. The van der Waals surface area contributed by atoms with Crippen molar-refractivity contribution in [3.8, 4) is 11.5 Å². The number of hydrogen-bond acceptors (Lipinski definition) is 2. The van der Waals surface area contributed by atoms with Gasteiger partial charge in [-0.2, -0.15) is 0 Å². The Morgan fingerprint density at radius 3 is 2.43 bits per heavy atom. The topological polar surface area (TPSA) is 18.5 Å². The van der Waals surface area contributed by atoms with Crippen LogP contribution in [0.25, 0.3) is 0 Å². The summed E-state index contributed by atoms with van der Waals surface area (Å²) in [4.78, 5) is 0. The Morgan fingerprint density at radius 2 is 1.90 bits per heavy atom. The van der Waals surface area contributed by atoms with Gasteiger partial charge in [-0.05, 0) is 48.7 Å². The van der Waals surface area contributed by atoms with Gasteiger partial charge in [0.1, 0.15) is 5.75 Å². The molecule has 1 rings (SSSR count). The molecule has 0 aromatic heterocycles. The minimum atomic E-state index is -1.88. The van der Waals surface area contributed by atoms with Gasteiger partial charge in [0.05, 0.1) is 7.11 Å². The molecule has 0 N–H and O–H groups in total. The van der Waals surface area contributed by atoms with E-state index in [0.29, 0.717) is 0 Å². The quantitative estimate of drug-likeness (QED) is 0.460. The van der Waals surface area contributed by atoms with Crippen molar-refractivity contribution in [2.24, 2.45) is 0 Å². The largest absolute Gasteiger partial charge is 0.541 e. The normalized spacial score (nSPS) is 12.1. The van der Waals surface area contributed by atoms with Gasteiger partial charge in [-0.3, -0.25) is 0 Å². The SMILES string of the molecule is C=CCc1ccc(O[Si](C)(C)C(C)(C)CCC)c(OC)c1. The van der Waals surface area contributed by atoms with Gasteiger partial charge in [0.2, 0.25) is 0 Å². The summed E-state index contributed by atoms with van der Waals surface area (Å²) in [5.41, 5.74) is 1.20. The fourth-order valence-corrected chi connectivity index (χ4v) is 4.28. The van der Waals surface area contributed by atoms with E-state index in [1.807, 2.05) is 18.2 Å². The van der Waals surface area contributed by atoms with Crippen LogP contribution in [0.15, 0.2) is 30.9 Å². The van der Waals surface area contributed by atoms with Gasteiger partial charge in [-0.15, -0.1) is 6.58 Å². The summed E-state index contributed by atoms with van der Waals surface area (Å²) in [6.45, 7) is 15.2. The first-order valence-corrected chi connectivity index (χ1v) is 10.6. The molecule has 0 radical (unpaired) electrons. The highest BCUT2D eigenvalue weighted by atomic mass is 28.4. The number of hydrogen-bond donors (Lipinski definition) is 0. The molecule has 0 fully saturated rings. The number of allylic oxidation sites excluding steroid dienone is 1. The average molecular weight is 307 g/mol. The lowest BCUT2D eigenvalue weighted by Crippen LogP contribution is -2.45. The molecule has 1 aromatic rings. The number of benzene rings is 1. The molecule has 0 amide bonds. The highest BCUT2D eigenvalue weighted by Crippen LogP contribution is 2.44. The van der Waals surface area contributed by atoms with Gasteiger partial charge >= 0.3 is 0 Å². The van der Waals surface area contributed by atoms with E-state index < -0.39 is 8.32 Å². The Hall–Kier alpha value is -1.22. The fraction of sp³-hybridized carbons (Fsp3) is 0.556. The van der Waals surface area contributed by atoms with E-state index in [1.54, 1.807) is 7.11 Å². The summed E-state index contributed by atoms with van der Waals surface area (Å²) in [6, 6.07) is 6.18. The van der Waals surface area contributed by atoms with Crippen molar-refractivity contribution >= 4 is 8.32 Å². The maximum atomic E-state index is 6.46. The predicted octanol–water partition coefficient (Wildman–Crippen LogP) is 5.59. The lowest BCUT2D eigenvalue weighted by molar-refractivity contribution is 0.381. The third-order valence-corrected chi connectivity index (χ3v) is 8.72. The molecule has 0 saturated carbocycles. The van der Waals surface area contributed by atoms with Crippen LogP contribution in [0, 0.1) is 0 Å². The molecular formula is C18H30O2Si. The van der Waals surface area contributed by atoms with Crippen LogP contribution in [0.5, 0.6) is 11.5 Å². The summed E-state index contributed by atoms with van der Waals surface area (Å²) < 4.78 is 12.0. The van der Waals surface area contributed by atoms with Crippen LogP contribution in [-0.2, 0) is 6.42 Å². The number of ether oxygens (including phenoxy) is 1. The van der Waals surface area contributed by atoms with E-state index in [9.17, 15) is 0 Å². The van der Waals surface area contributed by atoms with E-state index in [2.05, 4.69) is 46.5 Å². The average Bonchev–Trinajstić information content (AvgIpc) is 2.40. The van der Waals surface area contributed by atoms with Crippen molar-refractivity contribution in [2.45, 2.75) is 58.2 Å². The van der Waals surface area contributed by atoms with Gasteiger partial charge in [0, 0.05) is 0 Å². The molecule has 0 saturated heterocycles. The molecule has 118 valence electrons. The van der Waals surface area contributed by atoms with Crippen molar-refractivity contribution in [3.63, 3.8) is 0 Å². The molecule has 0 aliphatic heterocycles. The fourth-order valence-electron chi connectivity index (χ4n) is 2.43. The first-order chi connectivity index (χ1) is 9.77. The van der Waals surface area contributed by atoms with Crippen LogP contribution in [0.4, 0.5) is 0 Å². The lowest BCUT2D eigenvalue weighted by atomic mass is 10.1. The summed E-state index contributed by atoms with van der Waals surface area (Å²) in [6.07, 6.45) is 5.11. The van der Waals surface area contributed by atoms with Crippen molar-refractivity contribution < 1.29 is 9.16 Å². The van der Waals surface area contributed by atoms with Crippen LogP contribution < -0.4 is 9.16 Å². The van der Waals surface area contributed by atoms with Crippen molar-refractivity contribution in [2.75, 3.05) is 7.11 Å². The third-order valence-electron chi connectivity index (χ3n) is 4.48. The van der Waals surface area contributed by atoms with Crippen LogP contribution in [0.1, 0.15) is 39.2 Å². The zero-order chi connectivity index (χ0) is 16.1. The summed E-state index contributed by atoms with van der Waals surface area (Å²) in [5, 5.41) is 0.229. The van der Waals surface area contributed by atoms with Gasteiger partial charge in [0.25, 0.3) is 8.32 Å². The van der Waals surface area contributed by atoms with E-state index in [1.165, 1.54) is 18.4 Å². The maximum Gasteiger partial charge on any atom is 0.250 e. The van der Waals surface area contributed by atoms with Crippen LogP contribution in [-0.4, -0.2) is 15.4 Å². The number of rotatable bonds is 8. The van der Waals surface area contributed by atoms with E-state index in [4.69, 9.17) is 9.16 Å². The molecule has 0 heterocycles. The van der Waals surface area contributed by atoms with Crippen LogP contribution >= 0.6 is 0 Å². The number of methoxy groups -OCH3 is 1.